The van der Waals surface area contributed by atoms with E-state index in [1.54, 1.807) is 18.2 Å². The standard InChI is InChI=1S/C27H31N5O7/c33-25(29-19-2-4-22-24(12-19)39-17-37-22)13-20-27(35)28-5-6-32(20)26(34)15-31-9-7-30(8-10-31)14-18-1-3-21-23(11-18)38-16-36-21/h1-4,11-12,20H,5-10,13-17H2,(H,28,35)(H,29,33)/t20-/m0/s1. The molecule has 206 valence electrons. The molecule has 2 fully saturated rings. The molecule has 2 N–H and O–H groups in total. The van der Waals surface area contributed by atoms with Gasteiger partial charge in [-0.2, -0.15) is 0 Å². The second-order valence-electron chi connectivity index (χ2n) is 9.95. The lowest BCUT2D eigenvalue weighted by atomic mass is 10.1. The first-order valence-corrected chi connectivity index (χ1v) is 13.1. The van der Waals surface area contributed by atoms with E-state index in [0.29, 0.717) is 30.3 Å². The average molecular weight is 538 g/mol. The number of nitrogens with one attached hydrogen (secondary N) is 2. The van der Waals surface area contributed by atoms with Crippen molar-refractivity contribution in [3.8, 4) is 23.0 Å². The second kappa shape index (κ2) is 11.0. The van der Waals surface area contributed by atoms with Gasteiger partial charge < -0.3 is 34.5 Å². The SMILES string of the molecule is O=C(C[C@H]1C(=O)NCCN1C(=O)CN1CCN(Cc2ccc3c(c2)OCO3)CC1)Nc1ccc2c(c1)OCO2. The number of amides is 3. The molecule has 12 nitrogen and oxygen atoms in total. The van der Waals surface area contributed by atoms with E-state index in [4.69, 9.17) is 18.9 Å². The zero-order valence-electron chi connectivity index (χ0n) is 21.5. The Balaban J connectivity index is 1.00. The lowest BCUT2D eigenvalue weighted by Crippen LogP contribution is -2.60. The van der Waals surface area contributed by atoms with Gasteiger partial charge in [0.25, 0.3) is 0 Å². The lowest BCUT2D eigenvalue weighted by Gasteiger charge is -2.38. The Kier molecular flexibility index (Phi) is 7.12. The van der Waals surface area contributed by atoms with Crippen molar-refractivity contribution >= 4 is 23.4 Å². The van der Waals surface area contributed by atoms with Gasteiger partial charge in [0.05, 0.1) is 13.0 Å². The minimum absolute atomic E-state index is 0.130. The summed E-state index contributed by atoms with van der Waals surface area (Å²) in [6.45, 7) is 5.28. The van der Waals surface area contributed by atoms with Crippen molar-refractivity contribution in [1.82, 2.24) is 20.0 Å². The van der Waals surface area contributed by atoms with Crippen molar-refractivity contribution in [2.75, 3.05) is 64.7 Å². The molecule has 4 aliphatic heterocycles. The fraction of sp³-hybridized carbons (Fsp3) is 0.444. The van der Waals surface area contributed by atoms with Crippen LogP contribution in [0.25, 0.3) is 0 Å². The molecule has 6 rings (SSSR count). The number of hydrogen-bond acceptors (Lipinski definition) is 9. The van der Waals surface area contributed by atoms with Crippen LogP contribution in [0.2, 0.25) is 0 Å². The topological polar surface area (TPSA) is 122 Å². The number of rotatable bonds is 7. The van der Waals surface area contributed by atoms with Gasteiger partial charge in [-0.05, 0) is 29.8 Å². The van der Waals surface area contributed by atoms with Gasteiger partial charge >= 0.3 is 0 Å². The van der Waals surface area contributed by atoms with Crippen molar-refractivity contribution < 1.29 is 33.3 Å². The van der Waals surface area contributed by atoms with Gasteiger partial charge in [0, 0.05) is 57.6 Å². The molecule has 0 aromatic heterocycles. The first-order valence-electron chi connectivity index (χ1n) is 13.1. The number of fused-ring (bicyclic) bond motifs is 2. The third-order valence-corrected chi connectivity index (χ3v) is 7.35. The van der Waals surface area contributed by atoms with Crippen LogP contribution in [0.1, 0.15) is 12.0 Å². The highest BCUT2D eigenvalue weighted by Crippen LogP contribution is 2.34. The number of piperazine rings is 2. The Hall–Kier alpha value is -4.03. The summed E-state index contributed by atoms with van der Waals surface area (Å²) in [7, 11) is 0. The maximum atomic E-state index is 13.3. The van der Waals surface area contributed by atoms with Gasteiger partial charge in [0.2, 0.25) is 31.3 Å². The Labute approximate surface area is 225 Å². The molecule has 0 spiro atoms. The van der Waals surface area contributed by atoms with Crippen LogP contribution in [-0.2, 0) is 20.9 Å². The fourth-order valence-corrected chi connectivity index (χ4v) is 5.26. The monoisotopic (exact) mass is 537 g/mol. The fourth-order valence-electron chi connectivity index (χ4n) is 5.26. The summed E-state index contributed by atoms with van der Waals surface area (Å²) >= 11 is 0. The van der Waals surface area contributed by atoms with Gasteiger partial charge in [0.1, 0.15) is 6.04 Å². The normalized spacial score (nSPS) is 20.6. The molecule has 4 aliphatic rings. The first kappa shape index (κ1) is 25.3. The Morgan fingerprint density at radius 2 is 1.51 bits per heavy atom. The average Bonchev–Trinajstić information content (AvgIpc) is 3.60. The van der Waals surface area contributed by atoms with Crippen LogP contribution < -0.4 is 29.6 Å². The van der Waals surface area contributed by atoms with Crippen LogP contribution >= 0.6 is 0 Å². The summed E-state index contributed by atoms with van der Waals surface area (Å²) in [5.41, 5.74) is 1.70. The van der Waals surface area contributed by atoms with Crippen LogP contribution in [0.3, 0.4) is 0 Å². The smallest absolute Gasteiger partial charge is 0.243 e. The summed E-state index contributed by atoms with van der Waals surface area (Å²) < 4.78 is 21.5. The molecule has 2 aromatic rings. The van der Waals surface area contributed by atoms with E-state index in [-0.39, 0.29) is 44.3 Å². The molecular formula is C27H31N5O7. The van der Waals surface area contributed by atoms with E-state index in [9.17, 15) is 14.4 Å². The second-order valence-corrected chi connectivity index (χ2v) is 9.95. The highest BCUT2D eigenvalue weighted by molar-refractivity contribution is 5.97. The number of carbonyl (C=O) groups is 3. The van der Waals surface area contributed by atoms with Crippen molar-refractivity contribution in [3.63, 3.8) is 0 Å². The predicted molar refractivity (Wildman–Crippen MR) is 139 cm³/mol. The van der Waals surface area contributed by atoms with Crippen LogP contribution in [0.15, 0.2) is 36.4 Å². The van der Waals surface area contributed by atoms with Crippen molar-refractivity contribution in [2.24, 2.45) is 0 Å². The predicted octanol–water partition coefficient (Wildman–Crippen LogP) is 0.617. The zero-order valence-corrected chi connectivity index (χ0v) is 21.5. The highest BCUT2D eigenvalue weighted by Gasteiger charge is 2.35. The number of nitrogens with zero attached hydrogens (tertiary/aromatic N) is 3. The van der Waals surface area contributed by atoms with Crippen molar-refractivity contribution in [3.05, 3.63) is 42.0 Å². The number of benzene rings is 2. The largest absolute Gasteiger partial charge is 0.454 e. The van der Waals surface area contributed by atoms with Gasteiger partial charge in [-0.25, -0.2) is 0 Å². The number of carbonyl (C=O) groups excluding carboxylic acids is 3. The van der Waals surface area contributed by atoms with Crippen LogP contribution in [-0.4, -0.2) is 97.9 Å². The number of hydrogen-bond donors (Lipinski definition) is 2. The minimum atomic E-state index is -0.854. The summed E-state index contributed by atoms with van der Waals surface area (Å²) in [6, 6.07) is 10.3. The molecule has 3 amide bonds. The summed E-state index contributed by atoms with van der Waals surface area (Å²) in [6.07, 6.45) is -0.130. The van der Waals surface area contributed by atoms with E-state index in [1.807, 2.05) is 18.2 Å². The summed E-state index contributed by atoms with van der Waals surface area (Å²) in [5.74, 6) is 1.91. The van der Waals surface area contributed by atoms with Crippen molar-refractivity contribution in [2.45, 2.75) is 19.0 Å². The third-order valence-electron chi connectivity index (χ3n) is 7.35. The van der Waals surface area contributed by atoms with Crippen LogP contribution in [0.5, 0.6) is 23.0 Å². The Bertz CT molecular complexity index is 1260. The van der Waals surface area contributed by atoms with E-state index in [2.05, 4.69) is 20.4 Å². The highest BCUT2D eigenvalue weighted by atomic mass is 16.7. The molecule has 39 heavy (non-hydrogen) atoms. The Morgan fingerprint density at radius 1 is 0.846 bits per heavy atom. The molecule has 1 atom stereocenters. The Morgan fingerprint density at radius 3 is 2.28 bits per heavy atom. The zero-order chi connectivity index (χ0) is 26.8. The van der Waals surface area contributed by atoms with Crippen LogP contribution in [0, 0.1) is 0 Å². The third kappa shape index (κ3) is 5.71. The molecule has 0 radical (unpaired) electrons. The molecule has 0 aliphatic carbocycles. The van der Waals surface area contributed by atoms with E-state index >= 15 is 0 Å². The molecule has 2 aromatic carbocycles. The van der Waals surface area contributed by atoms with Gasteiger partial charge in [-0.3, -0.25) is 24.2 Å². The van der Waals surface area contributed by atoms with Gasteiger partial charge in [0.15, 0.2) is 23.0 Å². The van der Waals surface area contributed by atoms with E-state index in [0.717, 1.165) is 49.8 Å². The van der Waals surface area contributed by atoms with Crippen molar-refractivity contribution in [1.29, 1.82) is 0 Å². The first-order chi connectivity index (χ1) is 19.0. The molecule has 0 bridgehead atoms. The maximum absolute atomic E-state index is 13.3. The molecular weight excluding hydrogens is 506 g/mol. The minimum Gasteiger partial charge on any atom is -0.454 e. The molecule has 0 saturated carbocycles. The maximum Gasteiger partial charge on any atom is 0.243 e. The van der Waals surface area contributed by atoms with E-state index < -0.39 is 6.04 Å². The molecule has 12 heteroatoms. The molecule has 4 heterocycles. The van der Waals surface area contributed by atoms with Crippen LogP contribution in [0.4, 0.5) is 5.69 Å². The molecule has 0 unspecified atom stereocenters. The van der Waals surface area contributed by atoms with E-state index in [1.165, 1.54) is 4.90 Å². The molecule has 2 saturated heterocycles. The summed E-state index contributed by atoms with van der Waals surface area (Å²) in [4.78, 5) is 44.7. The van der Waals surface area contributed by atoms with Gasteiger partial charge in [-0.1, -0.05) is 6.07 Å². The summed E-state index contributed by atoms with van der Waals surface area (Å²) in [5, 5.41) is 5.58. The quantitative estimate of drug-likeness (QED) is 0.523. The number of anilines is 1. The lowest BCUT2D eigenvalue weighted by molar-refractivity contribution is -0.145. The number of ether oxygens (including phenoxy) is 4. The van der Waals surface area contributed by atoms with Gasteiger partial charge in [-0.15, -0.1) is 0 Å².